The fraction of sp³-hybridized carbons (Fsp3) is 0.417. The molecule has 4 nitrogen and oxygen atoms in total. The lowest BCUT2D eigenvalue weighted by molar-refractivity contribution is 0.0856. The molecule has 1 aromatic carbocycles. The minimum Gasteiger partial charge on any atom is -0.385 e. The van der Waals surface area contributed by atoms with Crippen LogP contribution in [0.2, 0.25) is 0 Å². The number of benzene rings is 1. The van der Waals surface area contributed by atoms with Gasteiger partial charge in [-0.25, -0.2) is 5.01 Å². The zero-order valence-electron chi connectivity index (χ0n) is 9.71. The molecule has 0 spiro atoms. The number of fused-ring (bicyclic) bond motifs is 1. The Labute approximate surface area is 95.6 Å². The highest BCUT2D eigenvalue weighted by Gasteiger charge is 2.17. The smallest absolute Gasteiger partial charge is 0.265 e. The first-order valence-corrected chi connectivity index (χ1v) is 5.52. The number of carbonyl (C=O) groups is 1. The molecule has 0 aromatic heterocycles. The second kappa shape index (κ2) is 4.53. The topological polar surface area (TPSA) is 44.4 Å². The van der Waals surface area contributed by atoms with Gasteiger partial charge in [-0.1, -0.05) is 6.07 Å². The van der Waals surface area contributed by atoms with E-state index in [9.17, 15) is 4.79 Å². The van der Waals surface area contributed by atoms with Crippen molar-refractivity contribution in [2.24, 2.45) is 0 Å². The summed E-state index contributed by atoms with van der Waals surface area (Å²) in [5.41, 5.74) is 5.78. The second-order valence-corrected chi connectivity index (χ2v) is 4.20. The molecule has 0 unspecified atom stereocenters. The zero-order chi connectivity index (χ0) is 11.5. The summed E-state index contributed by atoms with van der Waals surface area (Å²) in [5.74, 6) is -0.0365. The van der Waals surface area contributed by atoms with E-state index in [1.54, 1.807) is 5.01 Å². The molecule has 0 bridgehead atoms. The molecule has 0 saturated heterocycles. The Hall–Kier alpha value is -1.55. The van der Waals surface area contributed by atoms with E-state index in [-0.39, 0.29) is 5.91 Å². The molecule has 1 aliphatic heterocycles. The predicted molar refractivity (Wildman–Crippen MR) is 64.4 cm³/mol. The summed E-state index contributed by atoms with van der Waals surface area (Å²) in [7, 11) is 3.62. The van der Waals surface area contributed by atoms with Crippen molar-refractivity contribution in [1.29, 1.82) is 0 Å². The third-order valence-corrected chi connectivity index (χ3v) is 2.66. The fourth-order valence-corrected chi connectivity index (χ4v) is 1.99. The van der Waals surface area contributed by atoms with Crippen LogP contribution in [0.3, 0.4) is 0 Å². The van der Waals surface area contributed by atoms with Gasteiger partial charge in [-0.2, -0.15) is 0 Å². The first-order valence-electron chi connectivity index (χ1n) is 5.52. The van der Waals surface area contributed by atoms with Crippen molar-refractivity contribution in [3.05, 3.63) is 29.3 Å². The first kappa shape index (κ1) is 11.0. The number of nitrogens with one attached hydrogen (secondary N) is 2. The van der Waals surface area contributed by atoms with E-state index in [2.05, 4.69) is 10.7 Å². The van der Waals surface area contributed by atoms with E-state index in [1.165, 1.54) is 0 Å². The quantitative estimate of drug-likeness (QED) is 0.736. The minimum atomic E-state index is -0.0365. The fourth-order valence-electron chi connectivity index (χ4n) is 1.99. The van der Waals surface area contributed by atoms with Crippen LogP contribution in [0.5, 0.6) is 0 Å². The van der Waals surface area contributed by atoms with Crippen molar-refractivity contribution in [3.63, 3.8) is 0 Å². The van der Waals surface area contributed by atoms with E-state index >= 15 is 0 Å². The number of hydrogen-bond donors (Lipinski definition) is 2. The van der Waals surface area contributed by atoms with E-state index in [4.69, 9.17) is 0 Å². The second-order valence-electron chi connectivity index (χ2n) is 4.20. The van der Waals surface area contributed by atoms with Crippen LogP contribution >= 0.6 is 0 Å². The molecule has 1 amide bonds. The van der Waals surface area contributed by atoms with Crippen molar-refractivity contribution >= 4 is 11.6 Å². The van der Waals surface area contributed by atoms with Crippen LogP contribution < -0.4 is 10.7 Å². The highest BCUT2D eigenvalue weighted by atomic mass is 16.2. The van der Waals surface area contributed by atoms with Gasteiger partial charge in [0.05, 0.1) is 0 Å². The van der Waals surface area contributed by atoms with Gasteiger partial charge in [-0.3, -0.25) is 10.2 Å². The maximum atomic E-state index is 11.9. The Morgan fingerprint density at radius 1 is 1.44 bits per heavy atom. The number of amides is 1. The number of carbonyl (C=O) groups excluding carboxylic acids is 1. The standard InChI is InChI=1S/C12H17N3O/c1-15(2)14-12(16)10-5-3-7-11-9(10)6-4-8-13-11/h3,5,7,13H,4,6,8H2,1-2H3,(H,14,16). The molecule has 0 atom stereocenters. The van der Waals surface area contributed by atoms with Gasteiger partial charge < -0.3 is 5.32 Å². The van der Waals surface area contributed by atoms with E-state index in [1.807, 2.05) is 32.3 Å². The van der Waals surface area contributed by atoms with Crippen LogP contribution in [0.4, 0.5) is 5.69 Å². The lowest BCUT2D eigenvalue weighted by Gasteiger charge is -2.21. The lowest BCUT2D eigenvalue weighted by atomic mass is 9.97. The van der Waals surface area contributed by atoms with Gasteiger partial charge in [0, 0.05) is 31.9 Å². The Morgan fingerprint density at radius 2 is 2.25 bits per heavy atom. The summed E-state index contributed by atoms with van der Waals surface area (Å²) in [6.07, 6.45) is 2.05. The molecular weight excluding hydrogens is 202 g/mol. The number of anilines is 1. The Balaban J connectivity index is 2.30. The summed E-state index contributed by atoms with van der Waals surface area (Å²) in [6.45, 7) is 0.992. The molecule has 86 valence electrons. The Morgan fingerprint density at radius 3 is 3.00 bits per heavy atom. The maximum Gasteiger partial charge on any atom is 0.265 e. The number of hydrogen-bond acceptors (Lipinski definition) is 3. The summed E-state index contributed by atoms with van der Waals surface area (Å²) < 4.78 is 0. The van der Waals surface area contributed by atoms with Crippen molar-refractivity contribution in [3.8, 4) is 0 Å². The molecule has 0 radical (unpaired) electrons. The maximum absolute atomic E-state index is 11.9. The van der Waals surface area contributed by atoms with Gasteiger partial charge in [0.15, 0.2) is 0 Å². The molecular formula is C12H17N3O. The van der Waals surface area contributed by atoms with Crippen LogP contribution in [-0.2, 0) is 6.42 Å². The highest BCUT2D eigenvalue weighted by Crippen LogP contribution is 2.25. The molecule has 2 N–H and O–H groups in total. The lowest BCUT2D eigenvalue weighted by Crippen LogP contribution is -2.36. The Kier molecular flexibility index (Phi) is 3.10. The van der Waals surface area contributed by atoms with Crippen LogP contribution in [0.25, 0.3) is 0 Å². The molecule has 1 aliphatic rings. The monoisotopic (exact) mass is 219 g/mol. The summed E-state index contributed by atoms with van der Waals surface area (Å²) in [6, 6.07) is 5.83. The van der Waals surface area contributed by atoms with Crippen molar-refractivity contribution < 1.29 is 4.79 Å². The minimum absolute atomic E-state index is 0.0365. The van der Waals surface area contributed by atoms with Crippen molar-refractivity contribution in [2.45, 2.75) is 12.8 Å². The molecule has 4 heteroatoms. The SMILES string of the molecule is CN(C)NC(=O)c1cccc2c1CCCN2. The summed E-state index contributed by atoms with van der Waals surface area (Å²) >= 11 is 0. The molecule has 2 rings (SSSR count). The predicted octanol–water partition coefficient (Wildman–Crippen LogP) is 1.25. The zero-order valence-corrected chi connectivity index (χ0v) is 9.71. The van der Waals surface area contributed by atoms with E-state index in [0.29, 0.717) is 0 Å². The van der Waals surface area contributed by atoms with Crippen LogP contribution in [-0.4, -0.2) is 31.6 Å². The van der Waals surface area contributed by atoms with Gasteiger partial charge in [0.1, 0.15) is 0 Å². The third-order valence-electron chi connectivity index (χ3n) is 2.66. The van der Waals surface area contributed by atoms with Crippen LogP contribution in [0.1, 0.15) is 22.3 Å². The molecule has 1 heterocycles. The van der Waals surface area contributed by atoms with Crippen molar-refractivity contribution in [2.75, 3.05) is 26.0 Å². The Bertz CT molecular complexity index is 401. The normalized spacial score (nSPS) is 14.2. The van der Waals surface area contributed by atoms with Gasteiger partial charge in [-0.15, -0.1) is 0 Å². The number of hydrazine groups is 1. The molecule has 0 aliphatic carbocycles. The van der Waals surface area contributed by atoms with Crippen LogP contribution in [0, 0.1) is 0 Å². The van der Waals surface area contributed by atoms with Gasteiger partial charge in [0.2, 0.25) is 0 Å². The highest BCUT2D eigenvalue weighted by molar-refractivity contribution is 5.97. The molecule has 16 heavy (non-hydrogen) atoms. The number of nitrogens with zero attached hydrogens (tertiary/aromatic N) is 1. The largest absolute Gasteiger partial charge is 0.385 e. The molecule has 1 aromatic rings. The third kappa shape index (κ3) is 2.17. The van der Waals surface area contributed by atoms with Gasteiger partial charge in [0.25, 0.3) is 5.91 Å². The molecule has 0 saturated carbocycles. The van der Waals surface area contributed by atoms with Crippen LogP contribution in [0.15, 0.2) is 18.2 Å². The summed E-state index contributed by atoms with van der Waals surface area (Å²) in [5, 5.41) is 4.98. The van der Waals surface area contributed by atoms with Gasteiger partial charge >= 0.3 is 0 Å². The first-order chi connectivity index (χ1) is 7.68. The molecule has 0 fully saturated rings. The number of rotatable bonds is 2. The van der Waals surface area contributed by atoms with E-state index in [0.717, 1.165) is 36.2 Å². The van der Waals surface area contributed by atoms with E-state index < -0.39 is 0 Å². The average molecular weight is 219 g/mol. The van der Waals surface area contributed by atoms with Gasteiger partial charge in [-0.05, 0) is 30.5 Å². The summed E-state index contributed by atoms with van der Waals surface area (Å²) in [4.78, 5) is 11.9. The van der Waals surface area contributed by atoms with Crippen molar-refractivity contribution in [1.82, 2.24) is 10.4 Å². The average Bonchev–Trinajstić information content (AvgIpc) is 2.27.